The van der Waals surface area contributed by atoms with Crippen LogP contribution in [0.25, 0.3) is 0 Å². The third kappa shape index (κ3) is 2.46. The molecule has 1 aliphatic carbocycles. The molecule has 3 rings (SSSR count). The maximum absolute atomic E-state index is 12.2. The Kier molecular flexibility index (Phi) is 3.31. The predicted molar refractivity (Wildman–Crippen MR) is 77.0 cm³/mol. The highest BCUT2D eigenvalue weighted by molar-refractivity contribution is 7.93. The molecule has 20 heavy (non-hydrogen) atoms. The second-order valence-electron chi connectivity index (χ2n) is 4.36. The van der Waals surface area contributed by atoms with E-state index in [0.717, 1.165) is 42.1 Å². The van der Waals surface area contributed by atoms with Crippen LogP contribution in [0.5, 0.6) is 0 Å². The fourth-order valence-corrected chi connectivity index (χ4v) is 4.51. The first-order valence-electron chi connectivity index (χ1n) is 5.85. The second-order valence-corrected chi connectivity index (χ2v) is 7.53. The fraction of sp³-hybridized carbons (Fsp3) is 0.273. The smallest absolute Gasteiger partial charge is 0.266 e. The number of nitrogens with one attached hydrogen (secondary N) is 2. The SMILES string of the molecule is O=c1[nH]cc(S(=O)(=O)Nc2nc3c(s2)CCC3)cc1Cl. The first-order chi connectivity index (χ1) is 9.45. The van der Waals surface area contributed by atoms with Crippen LogP contribution < -0.4 is 10.3 Å². The Bertz CT molecular complexity index is 804. The first kappa shape index (κ1) is 13.6. The van der Waals surface area contributed by atoms with Gasteiger partial charge in [-0.25, -0.2) is 13.4 Å². The van der Waals surface area contributed by atoms with Gasteiger partial charge >= 0.3 is 0 Å². The van der Waals surface area contributed by atoms with E-state index in [0.29, 0.717) is 5.13 Å². The van der Waals surface area contributed by atoms with Crippen LogP contribution in [0.2, 0.25) is 5.02 Å². The van der Waals surface area contributed by atoms with E-state index in [1.165, 1.54) is 11.3 Å². The number of sulfonamides is 1. The van der Waals surface area contributed by atoms with Gasteiger partial charge in [0.05, 0.1) is 5.69 Å². The van der Waals surface area contributed by atoms with Gasteiger partial charge in [0.25, 0.3) is 15.6 Å². The maximum Gasteiger partial charge on any atom is 0.266 e. The summed E-state index contributed by atoms with van der Waals surface area (Å²) < 4.78 is 26.7. The monoisotopic (exact) mass is 331 g/mol. The number of fused-ring (bicyclic) bond motifs is 1. The lowest BCUT2D eigenvalue weighted by Gasteiger charge is -2.05. The molecule has 9 heteroatoms. The van der Waals surface area contributed by atoms with Crippen molar-refractivity contribution < 1.29 is 8.42 Å². The van der Waals surface area contributed by atoms with Crippen molar-refractivity contribution in [2.75, 3.05) is 4.72 Å². The Morgan fingerprint density at radius 1 is 1.40 bits per heavy atom. The van der Waals surface area contributed by atoms with Gasteiger partial charge in [0.2, 0.25) is 0 Å². The van der Waals surface area contributed by atoms with E-state index in [1.807, 2.05) is 0 Å². The second kappa shape index (κ2) is 4.87. The highest BCUT2D eigenvalue weighted by atomic mass is 35.5. The van der Waals surface area contributed by atoms with Crippen LogP contribution in [-0.2, 0) is 22.9 Å². The molecule has 0 unspecified atom stereocenters. The topological polar surface area (TPSA) is 91.9 Å². The van der Waals surface area contributed by atoms with Crippen LogP contribution in [0.3, 0.4) is 0 Å². The number of H-pyrrole nitrogens is 1. The number of rotatable bonds is 3. The van der Waals surface area contributed by atoms with Gasteiger partial charge in [0.15, 0.2) is 5.13 Å². The van der Waals surface area contributed by atoms with Gasteiger partial charge in [-0.15, -0.1) is 11.3 Å². The molecule has 0 aromatic carbocycles. The highest BCUT2D eigenvalue weighted by Gasteiger charge is 2.21. The number of aryl methyl sites for hydroxylation is 2. The molecule has 0 fully saturated rings. The normalized spacial score (nSPS) is 14.2. The van der Waals surface area contributed by atoms with Gasteiger partial charge in [0.1, 0.15) is 9.92 Å². The summed E-state index contributed by atoms with van der Waals surface area (Å²) in [7, 11) is -3.80. The van der Waals surface area contributed by atoms with Crippen molar-refractivity contribution in [2.24, 2.45) is 0 Å². The van der Waals surface area contributed by atoms with Crippen molar-refractivity contribution in [2.45, 2.75) is 24.2 Å². The lowest BCUT2D eigenvalue weighted by molar-refractivity contribution is 0.600. The standard InChI is InChI=1S/C11H10ClN3O3S2/c12-7-4-6(5-13-10(7)16)20(17,18)15-11-14-8-2-1-3-9(8)19-11/h4-5H,1-3H2,(H,13,16)(H,14,15). The van der Waals surface area contributed by atoms with Crippen molar-refractivity contribution in [3.05, 3.63) is 38.2 Å². The minimum absolute atomic E-state index is 0.0996. The van der Waals surface area contributed by atoms with Gasteiger partial charge < -0.3 is 4.98 Å². The largest absolute Gasteiger partial charge is 0.326 e. The minimum atomic E-state index is -3.80. The molecule has 0 aliphatic heterocycles. The molecular formula is C11H10ClN3O3S2. The van der Waals surface area contributed by atoms with Crippen LogP contribution in [0, 0.1) is 0 Å². The van der Waals surface area contributed by atoms with Crippen molar-refractivity contribution in [3.8, 4) is 0 Å². The van der Waals surface area contributed by atoms with E-state index in [9.17, 15) is 13.2 Å². The average Bonchev–Trinajstić information content (AvgIpc) is 2.92. The van der Waals surface area contributed by atoms with E-state index in [1.54, 1.807) is 0 Å². The average molecular weight is 332 g/mol. The lowest BCUT2D eigenvalue weighted by atomic mass is 10.4. The fourth-order valence-electron chi connectivity index (χ4n) is 2.00. The molecule has 0 saturated carbocycles. The maximum atomic E-state index is 12.2. The Balaban J connectivity index is 1.91. The molecule has 6 nitrogen and oxygen atoms in total. The predicted octanol–water partition coefficient (Wildman–Crippen LogP) is 1.77. The van der Waals surface area contributed by atoms with E-state index < -0.39 is 15.6 Å². The molecule has 0 atom stereocenters. The molecular weight excluding hydrogens is 322 g/mol. The molecule has 106 valence electrons. The molecule has 0 saturated heterocycles. The van der Waals surface area contributed by atoms with Crippen LogP contribution in [0.4, 0.5) is 5.13 Å². The molecule has 0 amide bonds. The van der Waals surface area contributed by atoms with Crippen molar-refractivity contribution >= 4 is 38.1 Å². The van der Waals surface area contributed by atoms with Crippen molar-refractivity contribution in [1.29, 1.82) is 0 Å². The Labute approximate surface area is 123 Å². The first-order valence-corrected chi connectivity index (χ1v) is 8.53. The van der Waals surface area contributed by atoms with Gasteiger partial charge in [-0.3, -0.25) is 9.52 Å². The summed E-state index contributed by atoms with van der Waals surface area (Å²) in [5.74, 6) is 0. The van der Waals surface area contributed by atoms with Gasteiger partial charge in [-0.05, 0) is 25.3 Å². The zero-order chi connectivity index (χ0) is 14.3. The number of halogens is 1. The van der Waals surface area contributed by atoms with Gasteiger partial charge in [0, 0.05) is 11.1 Å². The quantitative estimate of drug-likeness (QED) is 0.896. The van der Waals surface area contributed by atoms with E-state index in [2.05, 4.69) is 14.7 Å². The Morgan fingerprint density at radius 3 is 2.90 bits per heavy atom. The number of aromatic nitrogens is 2. The van der Waals surface area contributed by atoms with E-state index in [4.69, 9.17) is 11.6 Å². The number of thiazole rings is 1. The van der Waals surface area contributed by atoms with Crippen LogP contribution in [0.1, 0.15) is 17.0 Å². The van der Waals surface area contributed by atoms with Crippen LogP contribution in [-0.4, -0.2) is 18.4 Å². The third-order valence-corrected chi connectivity index (χ3v) is 5.76. The zero-order valence-electron chi connectivity index (χ0n) is 10.1. The number of aromatic amines is 1. The van der Waals surface area contributed by atoms with Crippen molar-refractivity contribution in [3.63, 3.8) is 0 Å². The molecule has 0 spiro atoms. The number of nitrogens with zero attached hydrogens (tertiary/aromatic N) is 1. The van der Waals surface area contributed by atoms with Crippen molar-refractivity contribution in [1.82, 2.24) is 9.97 Å². The van der Waals surface area contributed by atoms with E-state index in [-0.39, 0.29) is 9.92 Å². The molecule has 0 radical (unpaired) electrons. The summed E-state index contributed by atoms with van der Waals surface area (Å²) in [6, 6.07) is 1.12. The summed E-state index contributed by atoms with van der Waals surface area (Å²) >= 11 is 6.98. The Morgan fingerprint density at radius 2 is 2.20 bits per heavy atom. The van der Waals surface area contributed by atoms with Gasteiger partial charge in [-0.1, -0.05) is 11.6 Å². The number of pyridine rings is 1. The minimum Gasteiger partial charge on any atom is -0.326 e. The van der Waals surface area contributed by atoms with E-state index >= 15 is 0 Å². The molecule has 1 aliphatic rings. The summed E-state index contributed by atoms with van der Waals surface area (Å²) in [5, 5.41) is 0.173. The van der Waals surface area contributed by atoms with Crippen LogP contribution in [0.15, 0.2) is 22.0 Å². The summed E-state index contributed by atoms with van der Waals surface area (Å²) in [6.45, 7) is 0. The summed E-state index contributed by atoms with van der Waals surface area (Å²) in [5.41, 5.74) is 0.436. The summed E-state index contributed by atoms with van der Waals surface area (Å²) in [4.78, 5) is 18.7. The number of anilines is 1. The molecule has 2 aromatic heterocycles. The number of hydrogen-bond acceptors (Lipinski definition) is 5. The van der Waals surface area contributed by atoms with Crippen LogP contribution >= 0.6 is 22.9 Å². The lowest BCUT2D eigenvalue weighted by Crippen LogP contribution is -2.16. The Hall–Kier alpha value is -1.38. The highest BCUT2D eigenvalue weighted by Crippen LogP contribution is 2.31. The molecule has 2 heterocycles. The van der Waals surface area contributed by atoms with Gasteiger partial charge in [-0.2, -0.15) is 0 Å². The zero-order valence-corrected chi connectivity index (χ0v) is 12.5. The molecule has 0 bridgehead atoms. The summed E-state index contributed by atoms with van der Waals surface area (Å²) in [6.07, 6.45) is 4.01. The molecule has 2 aromatic rings. The third-order valence-electron chi connectivity index (χ3n) is 2.96. The molecule has 2 N–H and O–H groups in total. The number of hydrogen-bond donors (Lipinski definition) is 2.